The van der Waals surface area contributed by atoms with Gasteiger partial charge in [-0.05, 0) is 25.7 Å². The van der Waals surface area contributed by atoms with Crippen molar-refractivity contribution in [1.82, 2.24) is 25.4 Å². The molecule has 0 aromatic carbocycles. The predicted octanol–water partition coefficient (Wildman–Crippen LogP) is 1.75. The van der Waals surface area contributed by atoms with E-state index >= 15 is 0 Å². The smallest absolute Gasteiger partial charge is 0.315 e. The fourth-order valence-corrected chi connectivity index (χ4v) is 2.69. The fraction of sp³-hybridized carbons (Fsp3) is 0.769. The van der Waals surface area contributed by atoms with Crippen LogP contribution in [-0.2, 0) is 7.05 Å². The maximum atomic E-state index is 12.0. The lowest BCUT2D eigenvalue weighted by molar-refractivity contribution is 0.218. The molecule has 6 heteroatoms. The number of nitrogens with zero attached hydrogens (tertiary/aromatic N) is 3. The Morgan fingerprint density at radius 3 is 2.84 bits per heavy atom. The first-order chi connectivity index (χ1) is 9.08. The Morgan fingerprint density at radius 1 is 1.47 bits per heavy atom. The summed E-state index contributed by atoms with van der Waals surface area (Å²) in [7, 11) is 1.87. The zero-order chi connectivity index (χ0) is 13.8. The third-order valence-corrected chi connectivity index (χ3v) is 3.91. The van der Waals surface area contributed by atoms with Crippen molar-refractivity contribution < 1.29 is 4.79 Å². The Bertz CT molecular complexity index is 430. The highest BCUT2D eigenvalue weighted by Gasteiger charge is 2.23. The molecule has 6 nitrogen and oxygen atoms in total. The van der Waals surface area contributed by atoms with Crippen molar-refractivity contribution >= 4 is 6.03 Å². The molecule has 106 valence electrons. The van der Waals surface area contributed by atoms with Gasteiger partial charge in [-0.15, -0.1) is 10.2 Å². The van der Waals surface area contributed by atoms with E-state index in [4.69, 9.17) is 0 Å². The predicted molar refractivity (Wildman–Crippen MR) is 72.5 cm³/mol. The lowest BCUT2D eigenvalue weighted by atomic mass is 9.86. The molecule has 0 radical (unpaired) electrons. The minimum atomic E-state index is -0.147. The Kier molecular flexibility index (Phi) is 4.39. The molecule has 0 spiro atoms. The largest absolute Gasteiger partial charge is 0.335 e. The van der Waals surface area contributed by atoms with Crippen LogP contribution in [0.4, 0.5) is 4.79 Å². The van der Waals surface area contributed by atoms with Crippen molar-refractivity contribution in [3.63, 3.8) is 0 Å². The molecular formula is C13H23N5O. The Hall–Kier alpha value is -1.59. The van der Waals surface area contributed by atoms with E-state index in [1.165, 1.54) is 19.3 Å². The van der Waals surface area contributed by atoms with Crippen LogP contribution in [-0.4, -0.2) is 26.8 Å². The average Bonchev–Trinajstić information content (AvgIpc) is 2.78. The topological polar surface area (TPSA) is 71.8 Å². The molecule has 1 aromatic heterocycles. The Morgan fingerprint density at radius 2 is 2.21 bits per heavy atom. The van der Waals surface area contributed by atoms with Crippen LogP contribution >= 0.6 is 0 Å². The summed E-state index contributed by atoms with van der Waals surface area (Å²) in [4.78, 5) is 12.0. The molecule has 1 saturated carbocycles. The van der Waals surface area contributed by atoms with Gasteiger partial charge >= 0.3 is 6.03 Å². The molecule has 0 bridgehead atoms. The van der Waals surface area contributed by atoms with Crippen LogP contribution in [0.1, 0.15) is 51.4 Å². The summed E-state index contributed by atoms with van der Waals surface area (Å²) in [6, 6.07) is 0.0288. The van der Waals surface area contributed by atoms with E-state index in [0.717, 1.165) is 12.2 Å². The van der Waals surface area contributed by atoms with E-state index in [9.17, 15) is 4.79 Å². The molecule has 3 atom stereocenters. The molecule has 2 N–H and O–H groups in total. The standard InChI is InChI=1S/C13H23N5O/c1-9-6-4-5-7-11(9)16-13(19)15-10(2)12-17-14-8-18(12)3/h8-11H,4-7H2,1-3H3,(H2,15,16,19)/t9-,10+,11-/m1/s1. The molecule has 0 saturated heterocycles. The number of aryl methyl sites for hydroxylation is 1. The molecule has 0 unspecified atom stereocenters. The molecule has 1 aromatic rings. The minimum Gasteiger partial charge on any atom is -0.335 e. The summed E-state index contributed by atoms with van der Waals surface area (Å²) in [5, 5.41) is 13.8. The lowest BCUT2D eigenvalue weighted by Crippen LogP contribution is -2.46. The van der Waals surface area contributed by atoms with Gasteiger partial charge in [0.1, 0.15) is 6.33 Å². The molecule has 0 aliphatic heterocycles. The molecule has 19 heavy (non-hydrogen) atoms. The molecule has 2 rings (SSSR count). The number of rotatable bonds is 3. The second kappa shape index (κ2) is 6.04. The number of amides is 2. The number of carbonyl (C=O) groups is 1. The minimum absolute atomic E-state index is 0.116. The lowest BCUT2D eigenvalue weighted by Gasteiger charge is -2.29. The van der Waals surface area contributed by atoms with Gasteiger partial charge in [0.05, 0.1) is 6.04 Å². The Labute approximate surface area is 114 Å². The number of nitrogens with one attached hydrogen (secondary N) is 2. The van der Waals surface area contributed by atoms with Crippen molar-refractivity contribution in [2.75, 3.05) is 0 Å². The third kappa shape index (κ3) is 3.45. The van der Waals surface area contributed by atoms with Crippen molar-refractivity contribution in [1.29, 1.82) is 0 Å². The average molecular weight is 265 g/mol. The first-order valence-corrected chi connectivity index (χ1v) is 6.99. The summed E-state index contributed by atoms with van der Waals surface area (Å²) in [5.74, 6) is 1.32. The number of carbonyl (C=O) groups excluding carboxylic acids is 1. The van der Waals surface area contributed by atoms with Crippen molar-refractivity contribution in [2.24, 2.45) is 13.0 Å². The maximum absolute atomic E-state index is 12.0. The monoisotopic (exact) mass is 265 g/mol. The molecule has 2 amide bonds. The highest BCUT2D eigenvalue weighted by molar-refractivity contribution is 5.74. The Balaban J connectivity index is 1.85. The molecule has 1 aliphatic rings. The van der Waals surface area contributed by atoms with Crippen molar-refractivity contribution in [2.45, 2.75) is 51.6 Å². The summed E-state index contributed by atoms with van der Waals surface area (Å²) in [5.41, 5.74) is 0. The quantitative estimate of drug-likeness (QED) is 0.874. The van der Waals surface area contributed by atoms with Gasteiger partial charge in [0.2, 0.25) is 0 Å². The van der Waals surface area contributed by atoms with Crippen molar-refractivity contribution in [3.8, 4) is 0 Å². The summed E-state index contributed by atoms with van der Waals surface area (Å²) >= 11 is 0. The van der Waals surface area contributed by atoms with E-state index in [0.29, 0.717) is 12.0 Å². The number of urea groups is 1. The van der Waals surface area contributed by atoms with Crippen LogP contribution in [0.2, 0.25) is 0 Å². The fourth-order valence-electron chi connectivity index (χ4n) is 2.69. The van der Waals surface area contributed by atoms with Crippen LogP contribution in [0, 0.1) is 5.92 Å². The van der Waals surface area contributed by atoms with Crippen LogP contribution in [0.3, 0.4) is 0 Å². The highest BCUT2D eigenvalue weighted by Crippen LogP contribution is 2.23. The van der Waals surface area contributed by atoms with E-state index in [2.05, 4.69) is 27.8 Å². The SMILES string of the molecule is C[C@H](NC(=O)N[C@@H]1CCCC[C@H]1C)c1nncn1C. The first kappa shape index (κ1) is 13.8. The van der Waals surface area contributed by atoms with Gasteiger partial charge in [-0.1, -0.05) is 19.8 Å². The van der Waals surface area contributed by atoms with Gasteiger partial charge in [0.15, 0.2) is 5.82 Å². The molecular weight excluding hydrogens is 242 g/mol. The van der Waals surface area contributed by atoms with Gasteiger partial charge in [0.25, 0.3) is 0 Å². The van der Waals surface area contributed by atoms with Gasteiger partial charge in [0, 0.05) is 13.1 Å². The first-order valence-electron chi connectivity index (χ1n) is 6.99. The van der Waals surface area contributed by atoms with E-state index in [1.54, 1.807) is 6.33 Å². The molecule has 1 aliphatic carbocycles. The van der Waals surface area contributed by atoms with Gasteiger partial charge < -0.3 is 15.2 Å². The number of aromatic nitrogens is 3. The van der Waals surface area contributed by atoms with Gasteiger partial charge in [-0.2, -0.15) is 0 Å². The zero-order valence-electron chi connectivity index (χ0n) is 11.9. The van der Waals surface area contributed by atoms with E-state index in [-0.39, 0.29) is 12.1 Å². The van der Waals surface area contributed by atoms with Crippen LogP contribution < -0.4 is 10.6 Å². The summed E-state index contributed by atoms with van der Waals surface area (Å²) in [6.07, 6.45) is 6.38. The number of hydrogen-bond acceptors (Lipinski definition) is 3. The van der Waals surface area contributed by atoms with Crippen LogP contribution in [0.25, 0.3) is 0 Å². The summed E-state index contributed by atoms with van der Waals surface area (Å²) < 4.78 is 1.81. The molecule has 1 heterocycles. The highest BCUT2D eigenvalue weighted by atomic mass is 16.2. The van der Waals surface area contributed by atoms with E-state index < -0.39 is 0 Å². The second-order valence-corrected chi connectivity index (χ2v) is 5.51. The number of hydrogen-bond donors (Lipinski definition) is 2. The molecule has 1 fully saturated rings. The van der Waals surface area contributed by atoms with Crippen LogP contribution in [0.5, 0.6) is 0 Å². The maximum Gasteiger partial charge on any atom is 0.315 e. The van der Waals surface area contributed by atoms with Crippen molar-refractivity contribution in [3.05, 3.63) is 12.2 Å². The third-order valence-electron chi connectivity index (χ3n) is 3.91. The van der Waals surface area contributed by atoms with Gasteiger partial charge in [-0.25, -0.2) is 4.79 Å². The van der Waals surface area contributed by atoms with Crippen LogP contribution in [0.15, 0.2) is 6.33 Å². The van der Waals surface area contributed by atoms with Gasteiger partial charge in [-0.3, -0.25) is 0 Å². The second-order valence-electron chi connectivity index (χ2n) is 5.51. The van der Waals surface area contributed by atoms with E-state index in [1.807, 2.05) is 18.5 Å². The normalized spacial score (nSPS) is 24.8. The zero-order valence-corrected chi connectivity index (χ0v) is 11.9. The summed E-state index contributed by atoms with van der Waals surface area (Å²) in [6.45, 7) is 4.12.